The molecular formula is C20H22BrFN2O. The van der Waals surface area contributed by atoms with Crippen LogP contribution in [0.1, 0.15) is 39.2 Å². The number of nitriles is 1. The highest BCUT2D eigenvalue weighted by Gasteiger charge is 2.41. The highest BCUT2D eigenvalue weighted by molar-refractivity contribution is 8.93. The van der Waals surface area contributed by atoms with Gasteiger partial charge < -0.3 is 9.64 Å². The van der Waals surface area contributed by atoms with E-state index in [9.17, 15) is 4.39 Å². The average Bonchev–Trinajstić information content (AvgIpc) is 3.00. The molecule has 1 heterocycles. The molecule has 25 heavy (non-hydrogen) atoms. The first-order valence-corrected chi connectivity index (χ1v) is 7.91. The third-order valence-electron chi connectivity index (χ3n) is 4.48. The number of ether oxygens (including phenoxy) is 1. The zero-order valence-electron chi connectivity index (χ0n) is 17.0. The van der Waals surface area contributed by atoms with Gasteiger partial charge in [0.05, 0.1) is 18.2 Å². The molecule has 0 aromatic heterocycles. The molecule has 3 rings (SSSR count). The molecule has 0 saturated heterocycles. The van der Waals surface area contributed by atoms with Gasteiger partial charge in [-0.2, -0.15) is 5.26 Å². The monoisotopic (exact) mass is 407 g/mol. The third-order valence-corrected chi connectivity index (χ3v) is 4.48. The van der Waals surface area contributed by atoms with Gasteiger partial charge in [0, 0.05) is 4.11 Å². The summed E-state index contributed by atoms with van der Waals surface area (Å²) in [6.45, 7) is -1.40. The van der Waals surface area contributed by atoms with E-state index in [1.807, 2.05) is 12.1 Å². The van der Waals surface area contributed by atoms with Gasteiger partial charge in [0.2, 0.25) is 0 Å². The largest absolute Gasteiger partial charge is 0.361 e. The first kappa shape index (κ1) is 15.5. The zero-order valence-corrected chi connectivity index (χ0v) is 15.7. The molecule has 0 saturated carbocycles. The van der Waals surface area contributed by atoms with E-state index in [1.54, 1.807) is 25.2 Å². The van der Waals surface area contributed by atoms with E-state index in [2.05, 4.69) is 6.07 Å². The topological polar surface area (TPSA) is 36.3 Å². The second kappa shape index (κ2) is 8.09. The second-order valence-electron chi connectivity index (χ2n) is 6.13. The number of benzene rings is 2. The van der Waals surface area contributed by atoms with E-state index in [0.717, 1.165) is 16.7 Å². The molecule has 0 fully saturated rings. The molecule has 1 aliphatic rings. The Kier molecular flexibility index (Phi) is 5.02. The predicted molar refractivity (Wildman–Crippen MR) is 101 cm³/mol. The SMILES string of the molecule is Br.[2H]C([2H])([2H])N(C)CCCC1(c2ccc(F)cc2)OCc2cc(C#N)ccc21. The van der Waals surface area contributed by atoms with Crippen LogP contribution >= 0.6 is 17.0 Å². The van der Waals surface area contributed by atoms with E-state index in [0.29, 0.717) is 31.6 Å². The third kappa shape index (κ3) is 3.92. The quantitative estimate of drug-likeness (QED) is 0.736. The summed E-state index contributed by atoms with van der Waals surface area (Å²) in [5.41, 5.74) is 2.50. The molecule has 132 valence electrons. The van der Waals surface area contributed by atoms with E-state index in [4.69, 9.17) is 14.1 Å². The van der Waals surface area contributed by atoms with Crippen LogP contribution in [0.2, 0.25) is 0 Å². The van der Waals surface area contributed by atoms with Crippen molar-refractivity contribution in [1.29, 1.82) is 5.26 Å². The highest BCUT2D eigenvalue weighted by atomic mass is 79.9. The Balaban J connectivity index is 0.00000280. The summed E-state index contributed by atoms with van der Waals surface area (Å²) in [5.74, 6) is -0.325. The summed E-state index contributed by atoms with van der Waals surface area (Å²) in [5, 5.41) is 9.13. The maximum absolute atomic E-state index is 13.4. The summed E-state index contributed by atoms with van der Waals surface area (Å²) < 4.78 is 42.1. The van der Waals surface area contributed by atoms with Crippen LogP contribution in [-0.2, 0) is 16.9 Å². The smallest absolute Gasteiger partial charge is 0.123 e. The molecule has 0 amide bonds. The Hall–Kier alpha value is -1.74. The molecular weight excluding hydrogens is 383 g/mol. The van der Waals surface area contributed by atoms with Gasteiger partial charge in [0.15, 0.2) is 0 Å². The lowest BCUT2D eigenvalue weighted by Crippen LogP contribution is -2.28. The number of fused-ring (bicyclic) bond motifs is 1. The summed E-state index contributed by atoms with van der Waals surface area (Å²) in [6.07, 6.45) is 1.14. The van der Waals surface area contributed by atoms with Gasteiger partial charge in [0.1, 0.15) is 11.4 Å². The molecule has 1 atom stereocenters. The van der Waals surface area contributed by atoms with Crippen LogP contribution in [0.25, 0.3) is 0 Å². The van der Waals surface area contributed by atoms with Crippen molar-refractivity contribution in [1.82, 2.24) is 4.90 Å². The fourth-order valence-electron chi connectivity index (χ4n) is 3.33. The van der Waals surface area contributed by atoms with Crippen molar-refractivity contribution in [3.05, 3.63) is 70.5 Å². The standard InChI is InChI=1S/C20H21FN2O.BrH/c1-23(2)11-3-10-20(17-5-7-18(21)8-6-17)19-9-4-15(13-22)12-16(19)14-24-20;/h4-9,12H,3,10-11,14H2,1-2H3;1H/i1D3;. The fraction of sp³-hybridized carbons (Fsp3) is 0.350. The molecule has 0 radical (unpaired) electrons. The van der Waals surface area contributed by atoms with E-state index < -0.39 is 12.6 Å². The normalized spacial score (nSPS) is 20.8. The lowest BCUT2D eigenvalue weighted by molar-refractivity contribution is -0.0140. The molecule has 0 aliphatic carbocycles. The number of hydrogen-bond donors (Lipinski definition) is 0. The van der Waals surface area contributed by atoms with Crippen molar-refractivity contribution in [2.24, 2.45) is 0 Å². The lowest BCUT2D eigenvalue weighted by atomic mass is 9.81. The van der Waals surface area contributed by atoms with Crippen LogP contribution in [0.4, 0.5) is 4.39 Å². The molecule has 1 unspecified atom stereocenters. The predicted octanol–water partition coefficient (Wildman–Crippen LogP) is 4.39. The number of halogens is 2. The Morgan fingerprint density at radius 1 is 1.32 bits per heavy atom. The molecule has 1 aliphatic heterocycles. The lowest BCUT2D eigenvalue weighted by Gasteiger charge is -2.31. The Bertz CT molecular complexity index is 867. The van der Waals surface area contributed by atoms with Crippen molar-refractivity contribution < 1.29 is 13.2 Å². The van der Waals surface area contributed by atoms with Crippen LogP contribution in [-0.4, -0.2) is 25.5 Å². The first-order valence-electron chi connectivity index (χ1n) is 9.41. The van der Waals surface area contributed by atoms with Gasteiger partial charge in [-0.1, -0.05) is 18.2 Å². The average molecular weight is 408 g/mol. The number of nitrogens with zero attached hydrogens (tertiary/aromatic N) is 2. The van der Waals surface area contributed by atoms with Crippen molar-refractivity contribution >= 4 is 17.0 Å². The van der Waals surface area contributed by atoms with Gasteiger partial charge >= 0.3 is 0 Å². The Labute approximate surface area is 163 Å². The van der Waals surface area contributed by atoms with Gasteiger partial charge in [0.25, 0.3) is 0 Å². The van der Waals surface area contributed by atoms with E-state index in [1.165, 1.54) is 17.0 Å². The fourth-order valence-corrected chi connectivity index (χ4v) is 3.33. The molecule has 3 nitrogen and oxygen atoms in total. The summed E-state index contributed by atoms with van der Waals surface area (Å²) in [4.78, 5) is 1.33. The second-order valence-corrected chi connectivity index (χ2v) is 6.13. The number of hydrogen-bond acceptors (Lipinski definition) is 3. The Morgan fingerprint density at radius 2 is 2.08 bits per heavy atom. The molecule has 0 N–H and O–H groups in total. The molecule has 0 spiro atoms. The molecule has 5 heteroatoms. The highest BCUT2D eigenvalue weighted by Crippen LogP contribution is 2.45. The molecule has 0 bridgehead atoms. The van der Waals surface area contributed by atoms with Crippen LogP contribution in [0.5, 0.6) is 0 Å². The van der Waals surface area contributed by atoms with Crippen molar-refractivity contribution in [3.8, 4) is 6.07 Å². The summed E-state index contributed by atoms with van der Waals surface area (Å²) in [6, 6.07) is 13.8. The number of rotatable bonds is 5. The van der Waals surface area contributed by atoms with Crippen LogP contribution in [0.3, 0.4) is 0 Å². The van der Waals surface area contributed by atoms with Gasteiger partial charge in [-0.15, -0.1) is 17.0 Å². The van der Waals surface area contributed by atoms with Gasteiger partial charge in [-0.3, -0.25) is 0 Å². The zero-order chi connectivity index (χ0) is 19.7. The van der Waals surface area contributed by atoms with Crippen LogP contribution < -0.4 is 0 Å². The minimum Gasteiger partial charge on any atom is -0.361 e. The van der Waals surface area contributed by atoms with Crippen LogP contribution in [0.15, 0.2) is 42.5 Å². The first-order chi connectivity index (χ1) is 12.8. The minimum absolute atomic E-state index is 0. The maximum atomic E-state index is 13.4. The minimum atomic E-state index is -2.14. The van der Waals surface area contributed by atoms with Gasteiger partial charge in [-0.05, 0) is 74.4 Å². The summed E-state index contributed by atoms with van der Waals surface area (Å²) in [7, 11) is 1.57. The Morgan fingerprint density at radius 3 is 2.76 bits per heavy atom. The van der Waals surface area contributed by atoms with Crippen molar-refractivity contribution in [3.63, 3.8) is 0 Å². The van der Waals surface area contributed by atoms with Crippen molar-refractivity contribution in [2.45, 2.75) is 25.0 Å². The van der Waals surface area contributed by atoms with Crippen LogP contribution in [0, 0.1) is 17.1 Å². The van der Waals surface area contributed by atoms with E-state index >= 15 is 0 Å². The van der Waals surface area contributed by atoms with E-state index in [-0.39, 0.29) is 22.8 Å². The van der Waals surface area contributed by atoms with Crippen molar-refractivity contribution in [2.75, 3.05) is 20.6 Å². The molecule has 2 aromatic carbocycles. The van der Waals surface area contributed by atoms with Gasteiger partial charge in [-0.25, -0.2) is 4.39 Å². The summed E-state index contributed by atoms with van der Waals surface area (Å²) >= 11 is 0. The molecule has 2 aromatic rings. The maximum Gasteiger partial charge on any atom is 0.123 e.